The van der Waals surface area contributed by atoms with Crippen LogP contribution in [0.3, 0.4) is 0 Å². The minimum absolute atomic E-state index is 0.179. The van der Waals surface area contributed by atoms with Gasteiger partial charge in [-0.2, -0.15) is 0 Å². The highest BCUT2D eigenvalue weighted by Crippen LogP contribution is 2.24. The van der Waals surface area contributed by atoms with Gasteiger partial charge in [-0.1, -0.05) is 18.2 Å². The van der Waals surface area contributed by atoms with Gasteiger partial charge in [0.05, 0.1) is 31.1 Å². The van der Waals surface area contributed by atoms with Gasteiger partial charge in [-0.25, -0.2) is 0 Å². The van der Waals surface area contributed by atoms with Crippen LogP contribution < -0.4 is 19.7 Å². The molecule has 0 unspecified atom stereocenters. The molecular formula is C23H25N3O3. The number of para-hydroxylation sites is 1. The van der Waals surface area contributed by atoms with Gasteiger partial charge >= 0.3 is 0 Å². The number of benzene rings is 2. The molecule has 1 amide bonds. The van der Waals surface area contributed by atoms with Crippen LogP contribution in [0.25, 0.3) is 0 Å². The number of aromatic nitrogens is 1. The van der Waals surface area contributed by atoms with E-state index in [4.69, 9.17) is 9.47 Å². The van der Waals surface area contributed by atoms with Crippen molar-refractivity contribution < 1.29 is 14.3 Å². The summed E-state index contributed by atoms with van der Waals surface area (Å²) in [6.07, 6.45) is 3.34. The van der Waals surface area contributed by atoms with Crippen molar-refractivity contribution in [2.75, 3.05) is 31.7 Å². The zero-order valence-electron chi connectivity index (χ0n) is 16.7. The van der Waals surface area contributed by atoms with E-state index in [0.29, 0.717) is 18.7 Å². The van der Waals surface area contributed by atoms with Gasteiger partial charge in [0.15, 0.2) is 0 Å². The Balaban J connectivity index is 1.56. The second kappa shape index (κ2) is 10.1. The highest BCUT2D eigenvalue weighted by molar-refractivity contribution is 5.94. The highest BCUT2D eigenvalue weighted by atomic mass is 16.5. The van der Waals surface area contributed by atoms with Crippen LogP contribution in [0.5, 0.6) is 11.5 Å². The van der Waals surface area contributed by atoms with E-state index in [9.17, 15) is 4.79 Å². The maximum atomic E-state index is 12.5. The fourth-order valence-corrected chi connectivity index (χ4v) is 2.93. The molecule has 0 spiro atoms. The van der Waals surface area contributed by atoms with Crippen LogP contribution in [-0.2, 0) is 0 Å². The summed E-state index contributed by atoms with van der Waals surface area (Å²) >= 11 is 0. The molecule has 3 rings (SSSR count). The van der Waals surface area contributed by atoms with Crippen LogP contribution in [0.1, 0.15) is 17.3 Å². The Morgan fingerprint density at radius 2 is 1.72 bits per heavy atom. The number of nitrogens with zero attached hydrogens (tertiary/aromatic N) is 2. The molecule has 6 nitrogen and oxygen atoms in total. The van der Waals surface area contributed by atoms with Crippen molar-refractivity contribution in [3.8, 4) is 11.5 Å². The number of methoxy groups -OCH3 is 1. The number of hydrogen-bond donors (Lipinski definition) is 1. The minimum Gasteiger partial charge on any atom is -0.497 e. The van der Waals surface area contributed by atoms with E-state index >= 15 is 0 Å². The fourth-order valence-electron chi connectivity index (χ4n) is 2.93. The van der Waals surface area contributed by atoms with Gasteiger partial charge in [-0.3, -0.25) is 9.78 Å². The Hall–Kier alpha value is -3.54. The summed E-state index contributed by atoms with van der Waals surface area (Å²) in [5.74, 6) is 1.32. The summed E-state index contributed by atoms with van der Waals surface area (Å²) in [7, 11) is 1.62. The first-order valence-electron chi connectivity index (χ1n) is 9.54. The Labute approximate surface area is 171 Å². The van der Waals surface area contributed by atoms with Crippen LogP contribution in [0, 0.1) is 0 Å². The summed E-state index contributed by atoms with van der Waals surface area (Å²) in [5.41, 5.74) is 2.45. The number of amides is 1. The van der Waals surface area contributed by atoms with Crippen molar-refractivity contribution in [2.45, 2.75) is 6.92 Å². The third kappa shape index (κ3) is 5.48. The Kier molecular flexibility index (Phi) is 7.05. The second-order valence-electron chi connectivity index (χ2n) is 6.29. The summed E-state index contributed by atoms with van der Waals surface area (Å²) < 4.78 is 10.8. The third-order valence-electron chi connectivity index (χ3n) is 4.40. The first kappa shape index (κ1) is 20.2. The van der Waals surface area contributed by atoms with Crippen LogP contribution in [0.2, 0.25) is 0 Å². The molecule has 150 valence electrons. The molecule has 1 aromatic heterocycles. The van der Waals surface area contributed by atoms with Crippen molar-refractivity contribution in [3.63, 3.8) is 0 Å². The first-order valence-corrected chi connectivity index (χ1v) is 9.54. The number of carbonyl (C=O) groups is 1. The molecule has 0 aliphatic heterocycles. The standard InChI is InChI=1S/C23H25N3O3/c1-3-26(19-7-5-4-6-8-19)20-15-18(16-24-17-20)23(27)25-13-14-29-22-11-9-21(28-2)10-12-22/h4-12,15-17H,3,13-14H2,1-2H3,(H,25,27). The zero-order chi connectivity index (χ0) is 20.5. The number of anilines is 2. The van der Waals surface area contributed by atoms with Gasteiger partial charge in [-0.05, 0) is 49.4 Å². The van der Waals surface area contributed by atoms with Gasteiger partial charge in [0.25, 0.3) is 5.91 Å². The lowest BCUT2D eigenvalue weighted by molar-refractivity contribution is 0.0946. The molecule has 0 aliphatic rings. The quantitative estimate of drug-likeness (QED) is 0.558. The number of carbonyl (C=O) groups excluding carboxylic acids is 1. The van der Waals surface area contributed by atoms with E-state index in [1.807, 2.05) is 60.7 Å². The molecule has 0 aliphatic carbocycles. The van der Waals surface area contributed by atoms with Gasteiger partial charge in [-0.15, -0.1) is 0 Å². The summed E-state index contributed by atoms with van der Waals surface area (Å²) in [5, 5.41) is 2.87. The number of pyridine rings is 1. The molecular weight excluding hydrogens is 366 g/mol. The fraction of sp³-hybridized carbons (Fsp3) is 0.217. The van der Waals surface area contributed by atoms with Gasteiger partial charge < -0.3 is 19.7 Å². The van der Waals surface area contributed by atoms with Gasteiger partial charge in [0.2, 0.25) is 0 Å². The lowest BCUT2D eigenvalue weighted by Crippen LogP contribution is -2.28. The number of nitrogens with one attached hydrogen (secondary N) is 1. The molecule has 0 bridgehead atoms. The van der Waals surface area contributed by atoms with Crippen LogP contribution in [0.15, 0.2) is 73.1 Å². The number of ether oxygens (including phenoxy) is 2. The Morgan fingerprint density at radius 1 is 1.00 bits per heavy atom. The Bertz CT molecular complexity index is 914. The molecule has 3 aromatic rings. The predicted octanol–water partition coefficient (Wildman–Crippen LogP) is 4.06. The van der Waals surface area contributed by atoms with Gasteiger partial charge in [0.1, 0.15) is 18.1 Å². The van der Waals surface area contributed by atoms with Crippen molar-refractivity contribution >= 4 is 17.3 Å². The predicted molar refractivity (Wildman–Crippen MR) is 114 cm³/mol. The molecule has 0 saturated heterocycles. The van der Waals surface area contributed by atoms with Crippen LogP contribution in [-0.4, -0.2) is 37.7 Å². The lowest BCUT2D eigenvalue weighted by atomic mass is 10.2. The number of rotatable bonds is 9. The summed E-state index contributed by atoms with van der Waals surface area (Å²) in [6, 6.07) is 19.2. The molecule has 1 N–H and O–H groups in total. The first-order chi connectivity index (χ1) is 14.2. The van der Waals surface area contributed by atoms with E-state index in [1.54, 1.807) is 19.5 Å². The van der Waals surface area contributed by atoms with E-state index in [2.05, 4.69) is 22.1 Å². The molecule has 6 heteroatoms. The van der Waals surface area contributed by atoms with E-state index < -0.39 is 0 Å². The van der Waals surface area contributed by atoms with Crippen LogP contribution in [0.4, 0.5) is 11.4 Å². The van der Waals surface area contributed by atoms with Gasteiger partial charge in [0, 0.05) is 18.4 Å². The largest absolute Gasteiger partial charge is 0.497 e. The van der Waals surface area contributed by atoms with Crippen molar-refractivity contribution in [1.82, 2.24) is 10.3 Å². The molecule has 0 atom stereocenters. The average Bonchev–Trinajstić information content (AvgIpc) is 2.78. The molecule has 1 heterocycles. The minimum atomic E-state index is -0.179. The molecule has 2 aromatic carbocycles. The Morgan fingerprint density at radius 3 is 2.41 bits per heavy atom. The van der Waals surface area contributed by atoms with Crippen molar-refractivity contribution in [1.29, 1.82) is 0 Å². The molecule has 0 saturated carbocycles. The third-order valence-corrected chi connectivity index (χ3v) is 4.40. The average molecular weight is 391 g/mol. The van der Waals surface area contributed by atoms with Crippen molar-refractivity contribution in [3.05, 3.63) is 78.6 Å². The highest BCUT2D eigenvalue weighted by Gasteiger charge is 2.11. The maximum absolute atomic E-state index is 12.5. The SMILES string of the molecule is CCN(c1ccccc1)c1cncc(C(=O)NCCOc2ccc(OC)cc2)c1. The number of hydrogen-bond acceptors (Lipinski definition) is 5. The van der Waals surface area contributed by atoms with E-state index in [0.717, 1.165) is 29.4 Å². The second-order valence-corrected chi connectivity index (χ2v) is 6.29. The topological polar surface area (TPSA) is 63.7 Å². The lowest BCUT2D eigenvalue weighted by Gasteiger charge is -2.23. The molecule has 0 radical (unpaired) electrons. The summed E-state index contributed by atoms with van der Waals surface area (Å²) in [4.78, 5) is 18.9. The maximum Gasteiger partial charge on any atom is 0.253 e. The summed E-state index contributed by atoms with van der Waals surface area (Å²) in [6.45, 7) is 3.60. The van der Waals surface area contributed by atoms with E-state index in [-0.39, 0.29) is 5.91 Å². The zero-order valence-corrected chi connectivity index (χ0v) is 16.7. The van der Waals surface area contributed by atoms with Crippen LogP contribution >= 0.6 is 0 Å². The van der Waals surface area contributed by atoms with E-state index in [1.165, 1.54) is 0 Å². The molecule has 29 heavy (non-hydrogen) atoms. The normalized spacial score (nSPS) is 10.3. The smallest absolute Gasteiger partial charge is 0.253 e. The van der Waals surface area contributed by atoms with Crippen molar-refractivity contribution in [2.24, 2.45) is 0 Å². The monoisotopic (exact) mass is 391 g/mol. The molecule has 0 fully saturated rings.